The first kappa shape index (κ1) is 13.6. The van der Waals surface area contributed by atoms with Crippen molar-refractivity contribution in [3.63, 3.8) is 0 Å². The smallest absolute Gasteiger partial charge is 0.222 e. The van der Waals surface area contributed by atoms with Crippen molar-refractivity contribution in [2.45, 2.75) is 38.5 Å². The zero-order valence-corrected chi connectivity index (χ0v) is 12.7. The number of carbonyl (C=O) groups excluding carboxylic acids is 1. The van der Waals surface area contributed by atoms with Gasteiger partial charge in [0.1, 0.15) is 0 Å². The molecule has 0 saturated carbocycles. The standard InChI is InChI=1S/C16H20N2OS/c1-2-5-15(19)18-10-8-12(9-11-18)16-17-13-6-3-4-7-14(13)20-16/h3-4,6-7,12H,2,5,8-11H2,1H3. The van der Waals surface area contributed by atoms with Crippen LogP contribution in [0.2, 0.25) is 0 Å². The van der Waals surface area contributed by atoms with Crippen LogP contribution in [0.4, 0.5) is 0 Å². The molecule has 0 atom stereocenters. The van der Waals surface area contributed by atoms with E-state index in [1.54, 1.807) is 0 Å². The molecule has 3 rings (SSSR count). The van der Waals surface area contributed by atoms with E-state index in [0.717, 1.165) is 37.9 Å². The van der Waals surface area contributed by atoms with Crippen molar-refractivity contribution in [2.24, 2.45) is 0 Å². The number of benzene rings is 1. The highest BCUT2D eigenvalue weighted by atomic mass is 32.1. The van der Waals surface area contributed by atoms with Crippen molar-refractivity contribution < 1.29 is 4.79 Å². The van der Waals surface area contributed by atoms with Crippen LogP contribution in [0.15, 0.2) is 24.3 Å². The number of amides is 1. The maximum absolute atomic E-state index is 11.9. The summed E-state index contributed by atoms with van der Waals surface area (Å²) in [5.74, 6) is 0.841. The summed E-state index contributed by atoms with van der Waals surface area (Å²) in [6.45, 7) is 3.84. The quantitative estimate of drug-likeness (QED) is 0.860. The van der Waals surface area contributed by atoms with Gasteiger partial charge < -0.3 is 4.90 Å². The van der Waals surface area contributed by atoms with E-state index in [2.05, 4.69) is 25.1 Å². The van der Waals surface area contributed by atoms with E-state index in [0.29, 0.717) is 18.2 Å². The van der Waals surface area contributed by atoms with Crippen LogP contribution in [0.25, 0.3) is 10.2 Å². The molecule has 0 bridgehead atoms. The molecule has 4 heteroatoms. The number of hydrogen-bond acceptors (Lipinski definition) is 3. The van der Waals surface area contributed by atoms with Gasteiger partial charge in [0.2, 0.25) is 5.91 Å². The van der Waals surface area contributed by atoms with Crippen LogP contribution in [-0.4, -0.2) is 28.9 Å². The Hall–Kier alpha value is -1.42. The monoisotopic (exact) mass is 288 g/mol. The van der Waals surface area contributed by atoms with Gasteiger partial charge in [-0.3, -0.25) is 4.79 Å². The molecular formula is C16H20N2OS. The average Bonchev–Trinajstić information content (AvgIpc) is 2.91. The van der Waals surface area contributed by atoms with Crippen molar-refractivity contribution in [1.29, 1.82) is 0 Å². The maximum atomic E-state index is 11.9. The van der Waals surface area contributed by atoms with Gasteiger partial charge in [0.15, 0.2) is 0 Å². The van der Waals surface area contributed by atoms with E-state index >= 15 is 0 Å². The Morgan fingerprint density at radius 1 is 1.35 bits per heavy atom. The van der Waals surface area contributed by atoms with Crippen LogP contribution in [0.3, 0.4) is 0 Å². The van der Waals surface area contributed by atoms with E-state index in [4.69, 9.17) is 4.98 Å². The third-order valence-electron chi connectivity index (χ3n) is 3.97. The Labute approximate surface area is 123 Å². The number of thiazole rings is 1. The van der Waals surface area contributed by atoms with E-state index in [1.807, 2.05) is 22.3 Å². The number of hydrogen-bond donors (Lipinski definition) is 0. The Kier molecular flexibility index (Phi) is 4.01. The highest BCUT2D eigenvalue weighted by Gasteiger charge is 2.25. The first-order chi connectivity index (χ1) is 9.78. The second-order valence-electron chi connectivity index (χ2n) is 5.42. The fraction of sp³-hybridized carbons (Fsp3) is 0.500. The number of fused-ring (bicyclic) bond motifs is 1. The molecule has 0 spiro atoms. The second-order valence-corrected chi connectivity index (χ2v) is 6.49. The van der Waals surface area contributed by atoms with Gasteiger partial charge in [-0.15, -0.1) is 11.3 Å². The van der Waals surface area contributed by atoms with E-state index in [9.17, 15) is 4.79 Å². The summed E-state index contributed by atoms with van der Waals surface area (Å²) >= 11 is 1.81. The fourth-order valence-corrected chi connectivity index (χ4v) is 3.95. The number of para-hydroxylation sites is 1. The van der Waals surface area contributed by atoms with Crippen LogP contribution < -0.4 is 0 Å². The Morgan fingerprint density at radius 2 is 2.10 bits per heavy atom. The van der Waals surface area contributed by atoms with Crippen LogP contribution in [0.1, 0.15) is 43.5 Å². The van der Waals surface area contributed by atoms with Gasteiger partial charge in [0.25, 0.3) is 0 Å². The van der Waals surface area contributed by atoms with Gasteiger partial charge in [0.05, 0.1) is 15.2 Å². The van der Waals surface area contributed by atoms with E-state index in [1.165, 1.54) is 9.71 Å². The minimum absolute atomic E-state index is 0.315. The summed E-state index contributed by atoms with van der Waals surface area (Å²) in [4.78, 5) is 18.7. The molecule has 1 aromatic carbocycles. The molecule has 0 radical (unpaired) electrons. The van der Waals surface area contributed by atoms with Crippen molar-refractivity contribution >= 4 is 27.5 Å². The summed E-state index contributed by atoms with van der Waals surface area (Å²) in [5.41, 5.74) is 1.11. The van der Waals surface area contributed by atoms with Gasteiger partial charge in [0, 0.05) is 25.4 Å². The molecule has 1 saturated heterocycles. The van der Waals surface area contributed by atoms with Crippen LogP contribution in [0, 0.1) is 0 Å². The van der Waals surface area contributed by atoms with Gasteiger partial charge in [-0.1, -0.05) is 19.1 Å². The molecule has 0 N–H and O–H groups in total. The van der Waals surface area contributed by atoms with E-state index in [-0.39, 0.29) is 0 Å². The number of likely N-dealkylation sites (tertiary alicyclic amines) is 1. The summed E-state index contributed by atoms with van der Waals surface area (Å²) in [7, 11) is 0. The number of piperidine rings is 1. The van der Waals surface area contributed by atoms with E-state index < -0.39 is 0 Å². The van der Waals surface area contributed by atoms with Crippen LogP contribution >= 0.6 is 11.3 Å². The Morgan fingerprint density at radius 3 is 2.80 bits per heavy atom. The summed E-state index contributed by atoms with van der Waals surface area (Å²) < 4.78 is 1.27. The topological polar surface area (TPSA) is 33.2 Å². The lowest BCUT2D eigenvalue weighted by atomic mass is 9.97. The molecule has 1 aliphatic heterocycles. The van der Waals surface area contributed by atoms with Gasteiger partial charge >= 0.3 is 0 Å². The molecule has 106 valence electrons. The van der Waals surface area contributed by atoms with Crippen molar-refractivity contribution in [3.05, 3.63) is 29.3 Å². The molecule has 0 aliphatic carbocycles. The normalized spacial score (nSPS) is 16.8. The summed E-state index contributed by atoms with van der Waals surface area (Å²) in [6.07, 6.45) is 3.73. The molecule has 0 unspecified atom stereocenters. The van der Waals surface area contributed by atoms with Gasteiger partial charge in [-0.2, -0.15) is 0 Å². The molecule has 2 heterocycles. The largest absolute Gasteiger partial charge is 0.343 e. The third-order valence-corrected chi connectivity index (χ3v) is 5.17. The van der Waals surface area contributed by atoms with Gasteiger partial charge in [-0.05, 0) is 31.4 Å². The molecule has 20 heavy (non-hydrogen) atoms. The van der Waals surface area contributed by atoms with Crippen LogP contribution in [0.5, 0.6) is 0 Å². The second kappa shape index (κ2) is 5.92. The highest BCUT2D eigenvalue weighted by molar-refractivity contribution is 7.18. The van der Waals surface area contributed by atoms with Gasteiger partial charge in [-0.25, -0.2) is 4.98 Å². The zero-order valence-electron chi connectivity index (χ0n) is 11.8. The maximum Gasteiger partial charge on any atom is 0.222 e. The molecule has 1 aromatic heterocycles. The first-order valence-electron chi connectivity index (χ1n) is 7.41. The molecular weight excluding hydrogens is 268 g/mol. The highest BCUT2D eigenvalue weighted by Crippen LogP contribution is 2.33. The first-order valence-corrected chi connectivity index (χ1v) is 8.23. The van der Waals surface area contributed by atoms with Crippen molar-refractivity contribution in [1.82, 2.24) is 9.88 Å². The van der Waals surface area contributed by atoms with Crippen LogP contribution in [-0.2, 0) is 4.79 Å². The minimum atomic E-state index is 0.315. The number of nitrogens with zero attached hydrogens (tertiary/aromatic N) is 2. The number of aromatic nitrogens is 1. The molecule has 1 amide bonds. The number of carbonyl (C=O) groups is 1. The minimum Gasteiger partial charge on any atom is -0.343 e. The lowest BCUT2D eigenvalue weighted by Gasteiger charge is -2.31. The van der Waals surface area contributed by atoms with Crippen molar-refractivity contribution in [2.75, 3.05) is 13.1 Å². The lowest BCUT2D eigenvalue weighted by Crippen LogP contribution is -2.37. The Balaban J connectivity index is 1.67. The summed E-state index contributed by atoms with van der Waals surface area (Å²) in [6, 6.07) is 8.32. The Bertz CT molecular complexity index is 566. The molecule has 3 nitrogen and oxygen atoms in total. The average molecular weight is 288 g/mol. The SMILES string of the molecule is CCCC(=O)N1CCC(c2nc3ccccc3s2)CC1. The fourth-order valence-electron chi connectivity index (χ4n) is 2.81. The molecule has 2 aromatic rings. The number of rotatable bonds is 3. The van der Waals surface area contributed by atoms with Crippen molar-refractivity contribution in [3.8, 4) is 0 Å². The molecule has 1 fully saturated rings. The predicted molar refractivity (Wildman–Crippen MR) is 83.1 cm³/mol. The predicted octanol–water partition coefficient (Wildman–Crippen LogP) is 3.80. The molecule has 1 aliphatic rings. The zero-order chi connectivity index (χ0) is 13.9. The lowest BCUT2D eigenvalue weighted by molar-refractivity contribution is -0.132. The summed E-state index contributed by atoms with van der Waals surface area (Å²) in [5, 5.41) is 1.24. The third kappa shape index (κ3) is 2.70.